The Morgan fingerprint density at radius 3 is 2.76 bits per heavy atom. The monoisotopic (exact) mass is 518 g/mol. The number of thiazole rings is 1. The van der Waals surface area contributed by atoms with Crippen LogP contribution in [0.2, 0.25) is 0 Å². The van der Waals surface area contributed by atoms with Gasteiger partial charge in [-0.1, -0.05) is 25.3 Å². The zero-order valence-electron chi connectivity index (χ0n) is 20.8. The van der Waals surface area contributed by atoms with E-state index in [0.29, 0.717) is 37.4 Å². The fraction of sp³-hybridized carbons (Fsp3) is 0.393. The predicted octanol–water partition coefficient (Wildman–Crippen LogP) is 6.21. The lowest BCUT2D eigenvalue weighted by Gasteiger charge is -2.26. The van der Waals surface area contributed by atoms with Crippen LogP contribution in [0.15, 0.2) is 48.1 Å². The first kappa shape index (κ1) is 24.2. The van der Waals surface area contributed by atoms with Gasteiger partial charge in [-0.2, -0.15) is 4.98 Å². The van der Waals surface area contributed by atoms with Crippen LogP contribution in [0.3, 0.4) is 0 Å². The van der Waals surface area contributed by atoms with Gasteiger partial charge in [-0.25, -0.2) is 14.4 Å². The lowest BCUT2D eigenvalue weighted by atomic mass is 9.95. The second-order valence-electron chi connectivity index (χ2n) is 9.83. The van der Waals surface area contributed by atoms with E-state index in [0.717, 1.165) is 58.7 Å². The first-order valence-corrected chi connectivity index (χ1v) is 13.9. The summed E-state index contributed by atoms with van der Waals surface area (Å²) in [5.41, 5.74) is 6.43. The second-order valence-corrected chi connectivity index (χ2v) is 10.7. The minimum atomic E-state index is -0.275. The number of halogens is 1. The van der Waals surface area contributed by atoms with Gasteiger partial charge in [0.1, 0.15) is 11.6 Å². The minimum absolute atomic E-state index is 0.275. The quantitative estimate of drug-likeness (QED) is 0.301. The van der Waals surface area contributed by atoms with E-state index >= 15 is 0 Å². The fourth-order valence-corrected chi connectivity index (χ4v) is 5.90. The van der Waals surface area contributed by atoms with Crippen molar-refractivity contribution in [2.75, 3.05) is 36.9 Å². The van der Waals surface area contributed by atoms with Crippen LogP contribution in [0, 0.1) is 5.82 Å². The Morgan fingerprint density at radius 1 is 1.03 bits per heavy atom. The van der Waals surface area contributed by atoms with Gasteiger partial charge in [0.2, 0.25) is 5.95 Å². The molecule has 1 saturated heterocycles. The number of benzene rings is 2. The normalized spacial score (nSPS) is 17.2. The van der Waals surface area contributed by atoms with E-state index in [1.54, 1.807) is 17.4 Å². The molecule has 2 aromatic carbocycles. The SMILES string of the molecule is Fc1cc(CN2CCOCC2)cc(Nc2ncc(-c3ccc4ncsc4c3)c(NC3CCCCC3)n2)c1. The molecule has 9 heteroatoms. The van der Waals surface area contributed by atoms with Gasteiger partial charge in [-0.05, 0) is 54.3 Å². The summed E-state index contributed by atoms with van der Waals surface area (Å²) in [5.74, 6) is 0.977. The highest BCUT2D eigenvalue weighted by atomic mass is 32.1. The van der Waals surface area contributed by atoms with Crippen molar-refractivity contribution in [2.24, 2.45) is 0 Å². The second kappa shape index (κ2) is 11.1. The molecule has 6 rings (SSSR count). The number of nitrogens with zero attached hydrogens (tertiary/aromatic N) is 4. The van der Waals surface area contributed by atoms with Gasteiger partial charge in [0.25, 0.3) is 0 Å². The summed E-state index contributed by atoms with van der Waals surface area (Å²) in [6.45, 7) is 3.82. The van der Waals surface area contributed by atoms with Crippen LogP contribution in [0.25, 0.3) is 21.3 Å². The molecule has 0 unspecified atom stereocenters. The Hall–Kier alpha value is -3.14. The number of morpholine rings is 1. The van der Waals surface area contributed by atoms with Gasteiger partial charge in [-0.15, -0.1) is 11.3 Å². The summed E-state index contributed by atoms with van der Waals surface area (Å²) >= 11 is 1.63. The van der Waals surface area contributed by atoms with Gasteiger partial charge < -0.3 is 15.4 Å². The van der Waals surface area contributed by atoms with Crippen molar-refractivity contribution < 1.29 is 9.13 Å². The summed E-state index contributed by atoms with van der Waals surface area (Å²) in [6, 6.07) is 11.7. The maximum absolute atomic E-state index is 14.5. The Morgan fingerprint density at radius 2 is 1.89 bits per heavy atom. The van der Waals surface area contributed by atoms with Crippen molar-refractivity contribution in [3.05, 3.63) is 59.5 Å². The molecule has 4 aromatic rings. The average Bonchev–Trinajstić information content (AvgIpc) is 3.38. The number of fused-ring (bicyclic) bond motifs is 1. The molecule has 0 radical (unpaired) electrons. The third-order valence-corrected chi connectivity index (χ3v) is 7.89. The molecule has 37 heavy (non-hydrogen) atoms. The molecule has 1 saturated carbocycles. The first-order chi connectivity index (χ1) is 18.2. The van der Waals surface area contributed by atoms with Gasteiger partial charge in [0.05, 0.1) is 28.9 Å². The zero-order valence-corrected chi connectivity index (χ0v) is 21.6. The van der Waals surface area contributed by atoms with Crippen molar-refractivity contribution in [2.45, 2.75) is 44.7 Å². The number of nitrogens with one attached hydrogen (secondary N) is 2. The molecule has 192 valence electrons. The van der Waals surface area contributed by atoms with Crippen molar-refractivity contribution in [3.8, 4) is 11.1 Å². The number of rotatable bonds is 7. The van der Waals surface area contributed by atoms with E-state index < -0.39 is 0 Å². The van der Waals surface area contributed by atoms with Crippen molar-refractivity contribution in [3.63, 3.8) is 0 Å². The zero-order chi connectivity index (χ0) is 25.0. The fourth-order valence-electron chi connectivity index (χ4n) is 5.19. The van der Waals surface area contributed by atoms with Crippen LogP contribution in [-0.4, -0.2) is 52.2 Å². The van der Waals surface area contributed by atoms with Crippen LogP contribution in [0.5, 0.6) is 0 Å². The maximum Gasteiger partial charge on any atom is 0.229 e. The third-order valence-electron chi connectivity index (χ3n) is 7.10. The number of hydrogen-bond acceptors (Lipinski definition) is 8. The molecule has 2 fully saturated rings. The molecule has 0 spiro atoms. The van der Waals surface area contributed by atoms with Crippen molar-refractivity contribution in [1.82, 2.24) is 19.9 Å². The highest BCUT2D eigenvalue weighted by Crippen LogP contribution is 2.33. The smallest absolute Gasteiger partial charge is 0.229 e. The largest absolute Gasteiger partial charge is 0.379 e. The van der Waals surface area contributed by atoms with E-state index in [2.05, 4.69) is 37.6 Å². The van der Waals surface area contributed by atoms with E-state index in [9.17, 15) is 4.39 Å². The molecule has 2 N–H and O–H groups in total. The van der Waals surface area contributed by atoms with Gasteiger partial charge in [-0.3, -0.25) is 4.90 Å². The van der Waals surface area contributed by atoms with Crippen LogP contribution in [0.4, 0.5) is 21.8 Å². The van der Waals surface area contributed by atoms with E-state index in [-0.39, 0.29) is 5.82 Å². The van der Waals surface area contributed by atoms with Crippen molar-refractivity contribution >= 4 is 39.0 Å². The lowest BCUT2D eigenvalue weighted by molar-refractivity contribution is 0.0341. The third kappa shape index (κ3) is 5.89. The highest BCUT2D eigenvalue weighted by molar-refractivity contribution is 7.16. The van der Waals surface area contributed by atoms with Gasteiger partial charge in [0.15, 0.2) is 0 Å². The van der Waals surface area contributed by atoms with E-state index in [4.69, 9.17) is 9.72 Å². The van der Waals surface area contributed by atoms with Crippen LogP contribution < -0.4 is 10.6 Å². The van der Waals surface area contributed by atoms with Gasteiger partial charge in [0, 0.05) is 43.1 Å². The minimum Gasteiger partial charge on any atom is -0.379 e. The Labute approximate surface area is 220 Å². The molecule has 0 bridgehead atoms. The van der Waals surface area contributed by atoms with E-state index in [1.807, 2.05) is 23.8 Å². The molecule has 0 atom stereocenters. The van der Waals surface area contributed by atoms with Crippen molar-refractivity contribution in [1.29, 1.82) is 0 Å². The molecule has 2 aliphatic rings. The highest BCUT2D eigenvalue weighted by Gasteiger charge is 2.18. The Balaban J connectivity index is 1.28. The summed E-state index contributed by atoms with van der Waals surface area (Å²) in [7, 11) is 0. The molecule has 1 aliphatic heterocycles. The molecule has 3 heterocycles. The molecule has 0 amide bonds. The van der Waals surface area contributed by atoms with E-state index in [1.165, 1.54) is 25.3 Å². The first-order valence-electron chi connectivity index (χ1n) is 13.0. The topological polar surface area (TPSA) is 75.2 Å². The molecular formula is C28H31FN6OS. The number of aromatic nitrogens is 3. The molecule has 1 aliphatic carbocycles. The van der Waals surface area contributed by atoms with Crippen LogP contribution in [-0.2, 0) is 11.3 Å². The number of ether oxygens (including phenoxy) is 1. The standard InChI is InChI=1S/C28H31FN6OS/c29-21-12-19(17-35-8-10-36-11-9-35)13-23(15-21)33-28-30-16-24(20-6-7-25-26(14-20)37-18-31-25)27(34-28)32-22-4-2-1-3-5-22/h6-7,12-16,18,22H,1-5,8-11,17H2,(H2,30,32,33,34). The number of anilines is 3. The molecule has 2 aromatic heterocycles. The summed E-state index contributed by atoms with van der Waals surface area (Å²) in [4.78, 5) is 16.2. The molecule has 7 nitrogen and oxygen atoms in total. The summed E-state index contributed by atoms with van der Waals surface area (Å²) in [6.07, 6.45) is 7.87. The predicted molar refractivity (Wildman–Crippen MR) is 147 cm³/mol. The Kier molecular flexibility index (Phi) is 7.25. The lowest BCUT2D eigenvalue weighted by Crippen LogP contribution is -2.35. The van der Waals surface area contributed by atoms with Crippen LogP contribution in [0.1, 0.15) is 37.7 Å². The number of hydrogen-bond donors (Lipinski definition) is 2. The Bertz CT molecular complexity index is 1370. The maximum atomic E-state index is 14.5. The van der Waals surface area contributed by atoms with Gasteiger partial charge >= 0.3 is 0 Å². The average molecular weight is 519 g/mol. The summed E-state index contributed by atoms with van der Waals surface area (Å²) in [5, 5.41) is 6.95. The summed E-state index contributed by atoms with van der Waals surface area (Å²) < 4.78 is 21.1. The van der Waals surface area contributed by atoms with Crippen LogP contribution >= 0.6 is 11.3 Å². The molecular weight excluding hydrogens is 487 g/mol.